The zero-order chi connectivity index (χ0) is 13.7. The molecule has 1 saturated heterocycles. The van der Waals surface area contributed by atoms with E-state index in [0.717, 1.165) is 31.9 Å². The number of likely N-dealkylation sites (N-methyl/N-ethyl adjacent to an activating group) is 1. The number of amides is 1. The number of morpholine rings is 1. The van der Waals surface area contributed by atoms with Crippen LogP contribution in [-0.4, -0.2) is 57.3 Å². The molecule has 1 fully saturated rings. The van der Waals surface area contributed by atoms with Gasteiger partial charge in [-0.2, -0.15) is 0 Å². The monoisotopic (exact) mass is 264 g/mol. The highest BCUT2D eigenvalue weighted by molar-refractivity contribution is 5.92. The highest BCUT2D eigenvalue weighted by atomic mass is 16.5. The van der Waals surface area contributed by atoms with Crippen molar-refractivity contribution in [2.24, 2.45) is 0 Å². The molecular weight excluding hydrogens is 244 g/mol. The molecule has 0 bridgehead atoms. The number of nitrogens with one attached hydrogen (secondary N) is 2. The van der Waals surface area contributed by atoms with Crippen LogP contribution in [0.1, 0.15) is 10.5 Å². The van der Waals surface area contributed by atoms with Crippen molar-refractivity contribution in [3.63, 3.8) is 0 Å². The Labute approximate surface area is 113 Å². The van der Waals surface area contributed by atoms with Gasteiger partial charge in [0.05, 0.1) is 12.7 Å². The number of anilines is 1. The third-order valence-electron chi connectivity index (χ3n) is 3.13. The van der Waals surface area contributed by atoms with Crippen molar-refractivity contribution in [3.8, 4) is 0 Å². The summed E-state index contributed by atoms with van der Waals surface area (Å²) in [5.74, 6) is -0.175. The molecule has 1 atom stereocenters. The molecule has 1 aromatic rings. The number of rotatable bonds is 4. The highest BCUT2D eigenvalue weighted by Gasteiger charge is 2.16. The van der Waals surface area contributed by atoms with Crippen molar-refractivity contribution < 1.29 is 9.53 Å². The van der Waals surface area contributed by atoms with Crippen LogP contribution in [0.25, 0.3) is 0 Å². The Bertz CT molecular complexity index is 432. The summed E-state index contributed by atoms with van der Waals surface area (Å²) in [4.78, 5) is 17.7. The van der Waals surface area contributed by atoms with Gasteiger partial charge in [0, 0.05) is 45.6 Å². The lowest BCUT2D eigenvalue weighted by molar-refractivity contribution is 0.0340. The Morgan fingerprint density at radius 2 is 2.53 bits per heavy atom. The van der Waals surface area contributed by atoms with E-state index in [0.29, 0.717) is 5.69 Å². The van der Waals surface area contributed by atoms with E-state index in [1.54, 1.807) is 19.3 Å². The van der Waals surface area contributed by atoms with E-state index in [9.17, 15) is 4.79 Å². The Hall–Kier alpha value is -1.66. The molecule has 104 valence electrons. The van der Waals surface area contributed by atoms with E-state index >= 15 is 0 Å². The summed E-state index contributed by atoms with van der Waals surface area (Å²) in [5.41, 5.74) is 1.39. The molecule has 0 radical (unpaired) electrons. The van der Waals surface area contributed by atoms with Crippen molar-refractivity contribution >= 4 is 11.6 Å². The molecule has 1 amide bonds. The van der Waals surface area contributed by atoms with E-state index in [-0.39, 0.29) is 12.0 Å². The summed E-state index contributed by atoms with van der Waals surface area (Å²) >= 11 is 0. The van der Waals surface area contributed by atoms with Crippen LogP contribution in [0, 0.1) is 0 Å². The van der Waals surface area contributed by atoms with E-state index in [1.807, 2.05) is 13.1 Å². The minimum absolute atomic E-state index is 0.175. The van der Waals surface area contributed by atoms with Crippen LogP contribution in [0.5, 0.6) is 0 Å². The normalized spacial score (nSPS) is 18.9. The topological polar surface area (TPSA) is 66.5 Å². The third-order valence-corrected chi connectivity index (χ3v) is 3.13. The Kier molecular flexibility index (Phi) is 4.70. The van der Waals surface area contributed by atoms with Crippen LogP contribution in [0.15, 0.2) is 18.3 Å². The largest absolute Gasteiger partial charge is 0.374 e. The first-order chi connectivity index (χ1) is 9.20. The maximum absolute atomic E-state index is 11.6. The van der Waals surface area contributed by atoms with Crippen LogP contribution >= 0.6 is 0 Å². The maximum Gasteiger partial charge on any atom is 0.269 e. The second-order valence-electron chi connectivity index (χ2n) is 4.56. The molecule has 2 rings (SSSR count). The SMILES string of the molecule is CNC(=O)c1cc(N(C)CC2CNCCO2)ccn1. The summed E-state index contributed by atoms with van der Waals surface area (Å²) in [6.07, 6.45) is 1.83. The zero-order valence-corrected chi connectivity index (χ0v) is 11.3. The van der Waals surface area contributed by atoms with Gasteiger partial charge in [0.1, 0.15) is 5.69 Å². The highest BCUT2D eigenvalue weighted by Crippen LogP contribution is 2.14. The fraction of sp³-hybridized carbons (Fsp3) is 0.538. The molecule has 2 N–H and O–H groups in total. The first kappa shape index (κ1) is 13.8. The lowest BCUT2D eigenvalue weighted by atomic mass is 10.2. The van der Waals surface area contributed by atoms with E-state index < -0.39 is 0 Å². The molecule has 6 nitrogen and oxygen atoms in total. The number of ether oxygens (including phenoxy) is 1. The average molecular weight is 264 g/mol. The van der Waals surface area contributed by atoms with Gasteiger partial charge in [0.15, 0.2) is 0 Å². The van der Waals surface area contributed by atoms with Crippen LogP contribution < -0.4 is 15.5 Å². The predicted octanol–water partition coefficient (Wildman–Crippen LogP) is -0.134. The fourth-order valence-corrected chi connectivity index (χ4v) is 2.06. The van der Waals surface area contributed by atoms with Gasteiger partial charge >= 0.3 is 0 Å². The smallest absolute Gasteiger partial charge is 0.269 e. The molecular formula is C13H20N4O2. The average Bonchev–Trinajstić information content (AvgIpc) is 2.47. The summed E-state index contributed by atoms with van der Waals surface area (Å²) in [6.45, 7) is 3.30. The van der Waals surface area contributed by atoms with Gasteiger partial charge in [0.25, 0.3) is 5.91 Å². The van der Waals surface area contributed by atoms with Crippen LogP contribution in [0.2, 0.25) is 0 Å². The lowest BCUT2D eigenvalue weighted by Crippen LogP contribution is -2.44. The van der Waals surface area contributed by atoms with Crippen molar-refractivity contribution in [1.29, 1.82) is 0 Å². The number of nitrogens with zero attached hydrogens (tertiary/aromatic N) is 2. The van der Waals surface area contributed by atoms with Gasteiger partial charge in [-0.1, -0.05) is 0 Å². The van der Waals surface area contributed by atoms with Crippen molar-refractivity contribution in [3.05, 3.63) is 24.0 Å². The molecule has 0 aliphatic carbocycles. The number of hydrogen-bond acceptors (Lipinski definition) is 5. The number of pyridine rings is 1. The van der Waals surface area contributed by atoms with Gasteiger partial charge in [-0.05, 0) is 12.1 Å². The fourth-order valence-electron chi connectivity index (χ4n) is 2.06. The zero-order valence-electron chi connectivity index (χ0n) is 11.3. The molecule has 6 heteroatoms. The lowest BCUT2D eigenvalue weighted by Gasteiger charge is -2.29. The summed E-state index contributed by atoms with van der Waals surface area (Å²) in [7, 11) is 3.59. The number of aromatic nitrogens is 1. The molecule has 1 aliphatic heterocycles. The quantitative estimate of drug-likeness (QED) is 0.793. The minimum atomic E-state index is -0.175. The molecule has 0 aromatic carbocycles. The predicted molar refractivity (Wildman–Crippen MR) is 73.5 cm³/mol. The van der Waals surface area contributed by atoms with Gasteiger partial charge < -0.3 is 20.3 Å². The van der Waals surface area contributed by atoms with E-state index in [4.69, 9.17) is 4.74 Å². The second kappa shape index (κ2) is 6.49. The minimum Gasteiger partial charge on any atom is -0.374 e. The van der Waals surface area contributed by atoms with Gasteiger partial charge in [-0.15, -0.1) is 0 Å². The van der Waals surface area contributed by atoms with E-state index in [2.05, 4.69) is 20.5 Å². The van der Waals surface area contributed by atoms with Crippen LogP contribution in [0.4, 0.5) is 5.69 Å². The van der Waals surface area contributed by atoms with Gasteiger partial charge in [0.2, 0.25) is 0 Å². The van der Waals surface area contributed by atoms with Crippen LogP contribution in [-0.2, 0) is 4.74 Å². The van der Waals surface area contributed by atoms with Crippen molar-refractivity contribution in [2.75, 3.05) is 45.2 Å². The summed E-state index contributed by atoms with van der Waals surface area (Å²) in [6, 6.07) is 3.68. The second-order valence-corrected chi connectivity index (χ2v) is 4.56. The molecule has 1 aliphatic rings. The Balaban J connectivity index is 2.01. The number of carbonyl (C=O) groups is 1. The van der Waals surface area contributed by atoms with Crippen molar-refractivity contribution in [2.45, 2.75) is 6.10 Å². The third kappa shape index (κ3) is 3.65. The molecule has 19 heavy (non-hydrogen) atoms. The molecule has 0 spiro atoms. The Morgan fingerprint density at radius 1 is 1.68 bits per heavy atom. The van der Waals surface area contributed by atoms with Gasteiger partial charge in [-0.3, -0.25) is 9.78 Å². The number of carbonyl (C=O) groups excluding carboxylic acids is 1. The maximum atomic E-state index is 11.6. The molecule has 1 aromatic heterocycles. The van der Waals surface area contributed by atoms with Crippen molar-refractivity contribution in [1.82, 2.24) is 15.6 Å². The van der Waals surface area contributed by atoms with Gasteiger partial charge in [-0.25, -0.2) is 0 Å². The van der Waals surface area contributed by atoms with E-state index in [1.165, 1.54) is 0 Å². The standard InChI is InChI=1S/C13H20N4O2/c1-14-13(18)12-7-10(3-4-16-12)17(2)9-11-8-15-5-6-19-11/h3-4,7,11,15H,5-6,8-9H2,1-2H3,(H,14,18). The molecule has 1 unspecified atom stereocenters. The first-order valence-corrected chi connectivity index (χ1v) is 6.42. The summed E-state index contributed by atoms with van der Waals surface area (Å²) < 4.78 is 5.67. The summed E-state index contributed by atoms with van der Waals surface area (Å²) in [5, 5.41) is 5.88. The first-order valence-electron chi connectivity index (χ1n) is 6.42. The van der Waals surface area contributed by atoms with Crippen LogP contribution in [0.3, 0.4) is 0 Å². The number of hydrogen-bond donors (Lipinski definition) is 2. The Morgan fingerprint density at radius 3 is 3.21 bits per heavy atom. The molecule has 0 saturated carbocycles. The molecule has 2 heterocycles.